The third-order valence-corrected chi connectivity index (χ3v) is 5.95. The molecule has 4 rings (SSSR count). The Bertz CT molecular complexity index is 937. The first-order valence-corrected chi connectivity index (χ1v) is 10.4. The molecule has 3 aromatic rings. The standard InChI is InChI=1S/C24H20Cl2F2N2/c1-2-30(22-12-20(27)11-21(28)13-22)23-14-29(15-23)24(16-3-7-18(25)8-4-16)17-5-9-19(26)10-6-17/h1,3-13,23-24H,2,14-15H2. The van der Waals surface area contributed by atoms with Crippen molar-refractivity contribution in [3.8, 4) is 0 Å². The summed E-state index contributed by atoms with van der Waals surface area (Å²) in [6, 6.07) is 19.1. The summed E-state index contributed by atoms with van der Waals surface area (Å²) >= 11 is 12.1. The van der Waals surface area contributed by atoms with E-state index in [9.17, 15) is 8.78 Å². The third kappa shape index (κ3) is 4.46. The largest absolute Gasteiger partial charge is 0.365 e. The molecular formula is C24H20Cl2F2N2. The van der Waals surface area contributed by atoms with Crippen LogP contribution in [-0.4, -0.2) is 30.6 Å². The lowest BCUT2D eigenvalue weighted by atomic mass is 9.92. The van der Waals surface area contributed by atoms with Crippen LogP contribution in [-0.2, 0) is 0 Å². The Kier molecular flexibility index (Phi) is 6.28. The Morgan fingerprint density at radius 1 is 0.867 bits per heavy atom. The van der Waals surface area contributed by atoms with Gasteiger partial charge in [0.25, 0.3) is 0 Å². The van der Waals surface area contributed by atoms with Gasteiger partial charge in [-0.3, -0.25) is 4.90 Å². The van der Waals surface area contributed by atoms with Gasteiger partial charge in [0.15, 0.2) is 0 Å². The van der Waals surface area contributed by atoms with E-state index in [1.165, 1.54) is 12.1 Å². The molecule has 1 saturated heterocycles. The van der Waals surface area contributed by atoms with E-state index in [1.54, 1.807) is 0 Å². The summed E-state index contributed by atoms with van der Waals surface area (Å²) in [5.74, 6) is -1.22. The number of hydrogen-bond acceptors (Lipinski definition) is 2. The van der Waals surface area contributed by atoms with Gasteiger partial charge in [-0.1, -0.05) is 47.5 Å². The molecule has 0 spiro atoms. The highest BCUT2D eigenvalue weighted by molar-refractivity contribution is 6.30. The van der Waals surface area contributed by atoms with Gasteiger partial charge in [-0.2, -0.15) is 0 Å². The van der Waals surface area contributed by atoms with Crippen molar-refractivity contribution in [3.05, 3.63) is 106 Å². The molecular weight excluding hydrogens is 425 g/mol. The van der Waals surface area contributed by atoms with Crippen molar-refractivity contribution >= 4 is 28.9 Å². The minimum Gasteiger partial charge on any atom is -0.365 e. The van der Waals surface area contributed by atoms with Crippen LogP contribution in [0.15, 0.2) is 66.7 Å². The lowest BCUT2D eigenvalue weighted by Gasteiger charge is -2.49. The van der Waals surface area contributed by atoms with E-state index in [2.05, 4.69) is 4.90 Å². The van der Waals surface area contributed by atoms with Gasteiger partial charge in [0.1, 0.15) is 11.6 Å². The van der Waals surface area contributed by atoms with Gasteiger partial charge >= 0.3 is 0 Å². The molecule has 0 atom stereocenters. The fraction of sp³-hybridized carbons (Fsp3) is 0.208. The average molecular weight is 445 g/mol. The minimum absolute atomic E-state index is 0.0136. The molecule has 0 unspecified atom stereocenters. The topological polar surface area (TPSA) is 6.48 Å². The molecule has 3 aromatic carbocycles. The number of benzene rings is 3. The molecule has 1 heterocycles. The van der Waals surface area contributed by atoms with Crippen LogP contribution in [0.5, 0.6) is 0 Å². The van der Waals surface area contributed by atoms with Crippen LogP contribution in [0.3, 0.4) is 0 Å². The molecule has 0 aromatic heterocycles. The first-order chi connectivity index (χ1) is 14.4. The Morgan fingerprint density at radius 2 is 1.33 bits per heavy atom. The number of rotatable bonds is 6. The molecule has 0 amide bonds. The van der Waals surface area contributed by atoms with Crippen molar-refractivity contribution in [1.82, 2.24) is 4.90 Å². The average Bonchev–Trinajstić information content (AvgIpc) is 2.68. The minimum atomic E-state index is -0.611. The van der Waals surface area contributed by atoms with Crippen molar-refractivity contribution in [2.75, 3.05) is 24.5 Å². The summed E-state index contributed by atoms with van der Waals surface area (Å²) in [4.78, 5) is 4.14. The van der Waals surface area contributed by atoms with Gasteiger partial charge in [-0.15, -0.1) is 0 Å². The summed E-state index contributed by atoms with van der Waals surface area (Å²) in [5.41, 5.74) is 2.67. The fourth-order valence-corrected chi connectivity index (χ4v) is 4.22. The molecule has 1 aliphatic rings. The fourth-order valence-electron chi connectivity index (χ4n) is 3.97. The van der Waals surface area contributed by atoms with Crippen LogP contribution in [0.25, 0.3) is 0 Å². The molecule has 154 valence electrons. The highest BCUT2D eigenvalue weighted by Gasteiger charge is 2.37. The molecule has 30 heavy (non-hydrogen) atoms. The second kappa shape index (κ2) is 8.93. The summed E-state index contributed by atoms with van der Waals surface area (Å²) < 4.78 is 27.4. The molecule has 1 fully saturated rings. The highest BCUT2D eigenvalue weighted by atomic mass is 35.5. The SMILES string of the molecule is [CH]CN(c1cc(F)cc(F)c1)C1CN(C(c2ccc(Cl)cc2)c2ccc(Cl)cc2)C1. The second-order valence-electron chi connectivity index (χ2n) is 7.39. The number of halogens is 4. The van der Waals surface area contributed by atoms with E-state index in [0.29, 0.717) is 28.8 Å². The van der Waals surface area contributed by atoms with Gasteiger partial charge in [0, 0.05) is 41.4 Å². The van der Waals surface area contributed by atoms with Crippen LogP contribution in [0.1, 0.15) is 17.2 Å². The number of nitrogens with zero attached hydrogens (tertiary/aromatic N) is 2. The Balaban J connectivity index is 1.58. The predicted molar refractivity (Wildman–Crippen MR) is 118 cm³/mol. The summed E-state index contributed by atoms with van der Waals surface area (Å²) in [6.45, 7) is 7.50. The lowest BCUT2D eigenvalue weighted by molar-refractivity contribution is 0.109. The van der Waals surface area contributed by atoms with Crippen LogP contribution < -0.4 is 4.90 Å². The molecule has 6 heteroatoms. The number of likely N-dealkylation sites (tertiary alicyclic amines) is 1. The smallest absolute Gasteiger partial charge is 0.128 e. The molecule has 1 aliphatic heterocycles. The summed E-state index contributed by atoms with van der Waals surface area (Å²) in [7, 11) is 0. The van der Waals surface area contributed by atoms with Crippen molar-refractivity contribution in [2.24, 2.45) is 0 Å². The maximum absolute atomic E-state index is 13.7. The van der Waals surface area contributed by atoms with E-state index < -0.39 is 11.6 Å². The van der Waals surface area contributed by atoms with Gasteiger partial charge in [0.05, 0.1) is 12.1 Å². The van der Waals surface area contributed by atoms with Crippen LogP contribution in [0.2, 0.25) is 10.0 Å². The van der Waals surface area contributed by atoms with E-state index in [-0.39, 0.29) is 18.6 Å². The van der Waals surface area contributed by atoms with Crippen molar-refractivity contribution in [2.45, 2.75) is 12.1 Å². The monoisotopic (exact) mass is 444 g/mol. The van der Waals surface area contributed by atoms with E-state index >= 15 is 0 Å². The maximum atomic E-state index is 13.7. The molecule has 0 saturated carbocycles. The van der Waals surface area contributed by atoms with Crippen molar-refractivity contribution in [1.29, 1.82) is 0 Å². The van der Waals surface area contributed by atoms with Gasteiger partial charge in [0.2, 0.25) is 0 Å². The zero-order valence-electron chi connectivity index (χ0n) is 16.1. The Hall–Kier alpha value is -2.14. The molecule has 0 aliphatic carbocycles. The van der Waals surface area contributed by atoms with Crippen LogP contribution in [0.4, 0.5) is 14.5 Å². The summed E-state index contributed by atoms with van der Waals surface area (Å²) in [6.07, 6.45) is 0. The lowest BCUT2D eigenvalue weighted by Crippen LogP contribution is -2.60. The van der Waals surface area contributed by atoms with Crippen molar-refractivity contribution < 1.29 is 8.78 Å². The molecule has 2 nitrogen and oxygen atoms in total. The predicted octanol–water partition coefficient (Wildman–Crippen LogP) is 6.26. The van der Waals surface area contributed by atoms with Crippen LogP contribution >= 0.6 is 23.2 Å². The quantitative estimate of drug-likeness (QED) is 0.442. The Morgan fingerprint density at radius 3 is 1.77 bits per heavy atom. The highest BCUT2D eigenvalue weighted by Crippen LogP contribution is 2.36. The number of anilines is 1. The van der Waals surface area contributed by atoms with E-state index in [1.807, 2.05) is 53.4 Å². The molecule has 0 bridgehead atoms. The van der Waals surface area contributed by atoms with E-state index in [0.717, 1.165) is 17.2 Å². The van der Waals surface area contributed by atoms with Crippen molar-refractivity contribution in [3.63, 3.8) is 0 Å². The zero-order chi connectivity index (χ0) is 21.3. The second-order valence-corrected chi connectivity index (χ2v) is 8.27. The van der Waals surface area contributed by atoms with Gasteiger partial charge in [-0.05, 0) is 54.4 Å². The first kappa shape index (κ1) is 21.1. The molecule has 2 radical (unpaired) electrons. The van der Waals surface area contributed by atoms with Crippen LogP contribution in [0, 0.1) is 18.6 Å². The summed E-state index contributed by atoms with van der Waals surface area (Å²) in [5, 5.41) is 1.36. The molecule has 0 N–H and O–H groups in total. The van der Waals surface area contributed by atoms with E-state index in [4.69, 9.17) is 30.1 Å². The Labute approximate surface area is 185 Å². The maximum Gasteiger partial charge on any atom is 0.128 e. The third-order valence-electron chi connectivity index (χ3n) is 5.44. The number of hydrogen-bond donors (Lipinski definition) is 0. The first-order valence-electron chi connectivity index (χ1n) is 9.62. The zero-order valence-corrected chi connectivity index (χ0v) is 17.6. The van der Waals surface area contributed by atoms with Gasteiger partial charge in [-0.25, -0.2) is 8.78 Å². The normalized spacial score (nSPS) is 14.7. The van der Waals surface area contributed by atoms with Gasteiger partial charge < -0.3 is 4.90 Å².